The molecule has 10 heteroatoms. The number of hydrogen-bond donors (Lipinski definition) is 2. The first-order valence-electron chi connectivity index (χ1n) is 17.0. The molecule has 2 N–H and O–H groups in total. The van der Waals surface area contributed by atoms with Gasteiger partial charge in [-0.2, -0.15) is 0 Å². The Morgan fingerprint density at radius 1 is 0.480 bits per heavy atom. The first kappa shape index (κ1) is 32.9. The summed E-state index contributed by atoms with van der Waals surface area (Å²) in [5.41, 5.74) is 1.63. The van der Waals surface area contributed by atoms with E-state index in [2.05, 4.69) is 0 Å². The molecule has 0 aliphatic heterocycles. The van der Waals surface area contributed by atoms with Gasteiger partial charge in [0.1, 0.15) is 23.0 Å². The van der Waals surface area contributed by atoms with Crippen LogP contribution in [0.15, 0.2) is 109 Å². The maximum absolute atomic E-state index is 14.3. The Morgan fingerprint density at radius 3 is 1.10 bits per heavy atom. The zero-order chi connectivity index (χ0) is 34.8. The predicted octanol–water partition coefficient (Wildman–Crippen LogP) is 6.60. The van der Waals surface area contributed by atoms with E-state index in [1.165, 1.54) is 0 Å². The third kappa shape index (κ3) is 7.19. The Morgan fingerprint density at radius 2 is 0.800 bits per heavy atom. The number of hydrogen-bond acceptors (Lipinski definition) is 6. The van der Waals surface area contributed by atoms with Crippen LogP contribution in [0.5, 0.6) is 23.0 Å². The molecule has 4 aromatic carbocycles. The second-order valence-corrected chi connectivity index (χ2v) is 13.3. The molecule has 7 rings (SSSR count). The molecule has 0 bridgehead atoms. The van der Waals surface area contributed by atoms with Gasteiger partial charge in [-0.25, -0.2) is 0 Å². The molecule has 256 valence electrons. The van der Waals surface area contributed by atoms with Gasteiger partial charge in [0.05, 0.1) is 23.7 Å². The van der Waals surface area contributed by atoms with Crippen LogP contribution in [0.4, 0.5) is 0 Å². The number of rotatable bonds is 14. The number of benzene rings is 4. The van der Waals surface area contributed by atoms with Gasteiger partial charge in [-0.05, 0) is 85.3 Å². The highest BCUT2D eigenvalue weighted by atomic mass is 16.5. The molecule has 3 aliphatic rings. The van der Waals surface area contributed by atoms with Crippen LogP contribution in [0, 0.1) is 23.7 Å². The molecule has 4 atom stereocenters. The van der Waals surface area contributed by atoms with Crippen molar-refractivity contribution in [3.8, 4) is 23.0 Å². The fraction of sp³-hybridized carbons (Fsp3) is 0.300. The second-order valence-electron chi connectivity index (χ2n) is 13.3. The molecule has 3 saturated carbocycles. The topological polar surface area (TPSA) is 134 Å². The third-order valence-electron chi connectivity index (χ3n) is 9.74. The molecule has 4 aromatic rings. The minimum absolute atomic E-state index is 0.104. The van der Waals surface area contributed by atoms with Crippen molar-refractivity contribution in [3.05, 3.63) is 120 Å². The molecule has 0 aromatic heterocycles. The van der Waals surface area contributed by atoms with E-state index >= 15 is 0 Å². The number of carbonyl (C=O) groups is 4. The van der Waals surface area contributed by atoms with Crippen LogP contribution in [-0.4, -0.2) is 55.8 Å². The third-order valence-corrected chi connectivity index (χ3v) is 9.74. The lowest BCUT2D eigenvalue weighted by molar-refractivity contribution is -0.188. The number of carbonyl (C=O) groups excluding carboxylic acids is 2. The fourth-order valence-corrected chi connectivity index (χ4v) is 6.87. The minimum atomic E-state index is -1.51. The molecule has 0 radical (unpaired) electrons. The van der Waals surface area contributed by atoms with Gasteiger partial charge in [0.2, 0.25) is 11.8 Å². The van der Waals surface area contributed by atoms with Crippen molar-refractivity contribution >= 4 is 23.8 Å². The molecule has 0 spiro atoms. The predicted molar refractivity (Wildman–Crippen MR) is 182 cm³/mol. The van der Waals surface area contributed by atoms with Gasteiger partial charge in [0.25, 0.3) is 0 Å². The van der Waals surface area contributed by atoms with Gasteiger partial charge in [-0.1, -0.05) is 60.7 Å². The summed E-state index contributed by atoms with van der Waals surface area (Å²) in [6, 6.07) is 33.1. The molecular formula is C40H38N2O8. The van der Waals surface area contributed by atoms with Crippen LogP contribution in [0.25, 0.3) is 0 Å². The average molecular weight is 675 g/mol. The lowest BCUT2D eigenvalue weighted by Gasteiger charge is -2.48. The maximum Gasteiger partial charge on any atom is 0.308 e. The van der Waals surface area contributed by atoms with E-state index in [1.807, 2.05) is 109 Å². The highest BCUT2D eigenvalue weighted by molar-refractivity contribution is 6.00. The summed E-state index contributed by atoms with van der Waals surface area (Å²) in [5.74, 6) is -6.69. The lowest BCUT2D eigenvalue weighted by atomic mass is 9.55. The number of carboxylic acid groups (broad SMARTS) is 2. The maximum atomic E-state index is 14.3. The van der Waals surface area contributed by atoms with Crippen molar-refractivity contribution in [2.24, 2.45) is 23.7 Å². The van der Waals surface area contributed by atoms with E-state index in [-0.39, 0.29) is 25.2 Å². The van der Waals surface area contributed by atoms with Gasteiger partial charge >= 0.3 is 11.9 Å². The highest BCUT2D eigenvalue weighted by Crippen LogP contribution is 2.51. The Kier molecular flexibility index (Phi) is 9.25. The Labute approximate surface area is 289 Å². The highest BCUT2D eigenvalue weighted by Gasteiger charge is 2.65. The van der Waals surface area contributed by atoms with Crippen LogP contribution in [0.2, 0.25) is 0 Å². The number of amides is 2. The first-order chi connectivity index (χ1) is 24.3. The van der Waals surface area contributed by atoms with E-state index in [9.17, 15) is 29.4 Å². The number of aliphatic carboxylic acids is 2. The monoisotopic (exact) mass is 674 g/mol. The van der Waals surface area contributed by atoms with Crippen LogP contribution in [0.1, 0.15) is 36.8 Å². The fourth-order valence-electron chi connectivity index (χ4n) is 6.87. The van der Waals surface area contributed by atoms with E-state index in [0.29, 0.717) is 23.0 Å². The molecule has 0 saturated heterocycles. The number of ether oxygens (including phenoxy) is 2. The molecule has 3 fully saturated rings. The number of nitrogens with zero attached hydrogens (tertiary/aromatic N) is 2. The van der Waals surface area contributed by atoms with Crippen molar-refractivity contribution in [2.45, 2.75) is 50.9 Å². The Balaban J connectivity index is 1.09. The molecule has 3 aliphatic carbocycles. The summed E-state index contributed by atoms with van der Waals surface area (Å²) in [6.45, 7) is 0.417. The quantitative estimate of drug-likeness (QED) is 0.153. The van der Waals surface area contributed by atoms with Crippen molar-refractivity contribution in [3.63, 3.8) is 0 Å². The number of carboxylic acids is 2. The minimum Gasteiger partial charge on any atom is -0.481 e. The van der Waals surface area contributed by atoms with Crippen molar-refractivity contribution in [2.75, 3.05) is 0 Å². The van der Waals surface area contributed by atoms with E-state index in [4.69, 9.17) is 9.47 Å². The van der Waals surface area contributed by atoms with Crippen LogP contribution in [0.3, 0.4) is 0 Å². The van der Waals surface area contributed by atoms with Gasteiger partial charge in [-0.3, -0.25) is 19.2 Å². The van der Waals surface area contributed by atoms with Crippen LogP contribution < -0.4 is 9.47 Å². The van der Waals surface area contributed by atoms with E-state index in [1.54, 1.807) is 9.80 Å². The molecule has 0 heterocycles. The molecule has 2 amide bonds. The molecule has 10 nitrogen and oxygen atoms in total. The van der Waals surface area contributed by atoms with Crippen LogP contribution in [-0.2, 0) is 32.3 Å². The van der Waals surface area contributed by atoms with Gasteiger partial charge in [0.15, 0.2) is 0 Å². The van der Waals surface area contributed by atoms with Crippen molar-refractivity contribution in [1.82, 2.24) is 9.80 Å². The Hall–Kier alpha value is -5.64. The van der Waals surface area contributed by atoms with Gasteiger partial charge in [0, 0.05) is 25.2 Å². The summed E-state index contributed by atoms with van der Waals surface area (Å²) in [5, 5.41) is 20.4. The van der Waals surface area contributed by atoms with E-state index < -0.39 is 47.4 Å². The van der Waals surface area contributed by atoms with Crippen molar-refractivity contribution < 1.29 is 38.9 Å². The normalized spacial score (nSPS) is 21.0. The molecule has 50 heavy (non-hydrogen) atoms. The lowest BCUT2D eigenvalue weighted by Crippen LogP contribution is -2.64. The first-order valence-corrected chi connectivity index (χ1v) is 17.0. The largest absolute Gasteiger partial charge is 0.481 e. The summed E-state index contributed by atoms with van der Waals surface area (Å²) in [7, 11) is 0. The van der Waals surface area contributed by atoms with Crippen molar-refractivity contribution in [1.29, 1.82) is 0 Å². The molecular weight excluding hydrogens is 636 g/mol. The van der Waals surface area contributed by atoms with Gasteiger partial charge < -0.3 is 29.5 Å². The zero-order valence-electron chi connectivity index (χ0n) is 27.3. The summed E-state index contributed by atoms with van der Waals surface area (Å²) < 4.78 is 11.8. The molecule has 0 unspecified atom stereocenters. The summed E-state index contributed by atoms with van der Waals surface area (Å²) >= 11 is 0. The zero-order valence-corrected chi connectivity index (χ0v) is 27.3. The number of para-hydroxylation sites is 2. The smallest absolute Gasteiger partial charge is 0.308 e. The van der Waals surface area contributed by atoms with E-state index in [0.717, 1.165) is 36.8 Å². The van der Waals surface area contributed by atoms with Gasteiger partial charge in [-0.15, -0.1) is 0 Å². The summed E-state index contributed by atoms with van der Waals surface area (Å²) in [6.07, 6.45) is 3.02. The average Bonchev–Trinajstić information content (AvgIpc) is 4.03. The standard InChI is InChI=1S/C40H38N2O8/c43-37(41(27-15-16-27)23-25-11-19-31(20-12-25)49-29-7-3-1-4-8-29)33-34(36(40(47)48)35(33)39(45)46)38(44)42(28-17-18-28)24-26-13-21-32(22-14-26)50-30-9-5-2-6-10-30/h1-14,19-22,27-28,33-36H,15-18,23-24H2,(H,45,46)(H,47,48)/t33-,34-,35-,36-/m0/s1. The summed E-state index contributed by atoms with van der Waals surface area (Å²) in [4.78, 5) is 57.0. The SMILES string of the molecule is O=C(O)[C@@H]1[C@@H](C(=O)O)[C@@H](C(=O)N(Cc2ccc(Oc3ccccc3)cc2)C2CC2)[C@@H]1C(=O)N(Cc1ccc(Oc2ccccc2)cc1)C1CC1. The Bertz CT molecular complexity index is 1700. The van der Waals surface area contributed by atoms with Crippen LogP contribution >= 0.6 is 0 Å². The second kappa shape index (κ2) is 14.1.